The number of primary amides is 1. The summed E-state index contributed by atoms with van der Waals surface area (Å²) in [5, 5.41) is 0. The number of ether oxygens (including phenoxy) is 3. The molecule has 1 heterocycles. The third kappa shape index (κ3) is 3.80. The van der Waals surface area contributed by atoms with Gasteiger partial charge in [0.2, 0.25) is 5.78 Å². The maximum Gasteiger partial charge on any atom is 0.387 e. The van der Waals surface area contributed by atoms with Gasteiger partial charge in [-0.05, 0) is 24.3 Å². The first kappa shape index (κ1) is 17.4. The summed E-state index contributed by atoms with van der Waals surface area (Å²) >= 11 is 0. The fourth-order valence-corrected chi connectivity index (χ4v) is 2.36. The van der Waals surface area contributed by atoms with Crippen LogP contribution in [0.5, 0.6) is 17.2 Å². The van der Waals surface area contributed by atoms with Gasteiger partial charge in [0.15, 0.2) is 12.4 Å². The SMILES string of the molecule is NC(=O)COc1ccc2c(c1)O/C(=C\c1ccccc1OC(F)F)C2=O. The summed E-state index contributed by atoms with van der Waals surface area (Å²) in [6.45, 7) is -3.30. The number of hydrogen-bond acceptors (Lipinski definition) is 5. The van der Waals surface area contributed by atoms with Crippen molar-refractivity contribution in [3.63, 3.8) is 0 Å². The lowest BCUT2D eigenvalue weighted by molar-refractivity contribution is -0.119. The number of amides is 1. The number of fused-ring (bicyclic) bond motifs is 1. The first-order chi connectivity index (χ1) is 12.4. The minimum atomic E-state index is -2.99. The van der Waals surface area contributed by atoms with E-state index in [1.165, 1.54) is 42.5 Å². The summed E-state index contributed by atoms with van der Waals surface area (Å²) in [7, 11) is 0. The zero-order chi connectivity index (χ0) is 18.7. The molecule has 0 saturated carbocycles. The van der Waals surface area contributed by atoms with Crippen molar-refractivity contribution in [1.82, 2.24) is 0 Å². The molecule has 1 amide bonds. The molecule has 6 nitrogen and oxygen atoms in total. The van der Waals surface area contributed by atoms with E-state index < -0.39 is 18.3 Å². The van der Waals surface area contributed by atoms with E-state index >= 15 is 0 Å². The molecular formula is C18H13F2NO5. The van der Waals surface area contributed by atoms with E-state index in [4.69, 9.17) is 15.2 Å². The Morgan fingerprint density at radius 1 is 1.23 bits per heavy atom. The summed E-state index contributed by atoms with van der Waals surface area (Å²) in [5.41, 5.74) is 5.57. The number of rotatable bonds is 6. The normalized spacial score (nSPS) is 14.3. The van der Waals surface area contributed by atoms with E-state index in [2.05, 4.69) is 4.74 Å². The van der Waals surface area contributed by atoms with Gasteiger partial charge in [-0.2, -0.15) is 8.78 Å². The first-order valence-corrected chi connectivity index (χ1v) is 7.47. The quantitative estimate of drug-likeness (QED) is 0.800. The molecule has 26 heavy (non-hydrogen) atoms. The molecule has 0 bridgehead atoms. The Morgan fingerprint density at radius 2 is 2.00 bits per heavy atom. The van der Waals surface area contributed by atoms with Gasteiger partial charge in [0.25, 0.3) is 5.91 Å². The number of nitrogens with two attached hydrogens (primary N) is 1. The predicted molar refractivity (Wildman–Crippen MR) is 87.1 cm³/mol. The Balaban J connectivity index is 1.86. The van der Waals surface area contributed by atoms with Crippen LogP contribution in [0.1, 0.15) is 15.9 Å². The third-order valence-electron chi connectivity index (χ3n) is 3.44. The van der Waals surface area contributed by atoms with Crippen molar-refractivity contribution >= 4 is 17.8 Å². The van der Waals surface area contributed by atoms with E-state index in [1.807, 2.05) is 0 Å². The van der Waals surface area contributed by atoms with Gasteiger partial charge in [-0.25, -0.2) is 0 Å². The minimum Gasteiger partial charge on any atom is -0.484 e. The number of hydrogen-bond donors (Lipinski definition) is 1. The lowest BCUT2D eigenvalue weighted by Crippen LogP contribution is -2.19. The van der Waals surface area contributed by atoms with Gasteiger partial charge in [-0.3, -0.25) is 9.59 Å². The number of allylic oxidation sites excluding steroid dienone is 1. The highest BCUT2D eigenvalue weighted by Gasteiger charge is 2.28. The van der Waals surface area contributed by atoms with E-state index in [1.54, 1.807) is 6.07 Å². The van der Waals surface area contributed by atoms with Gasteiger partial charge >= 0.3 is 6.61 Å². The molecule has 0 aliphatic carbocycles. The van der Waals surface area contributed by atoms with Gasteiger partial charge < -0.3 is 19.9 Å². The van der Waals surface area contributed by atoms with E-state index in [-0.39, 0.29) is 35.0 Å². The summed E-state index contributed by atoms with van der Waals surface area (Å²) in [6.07, 6.45) is 1.32. The van der Waals surface area contributed by atoms with Gasteiger partial charge in [0.05, 0.1) is 5.56 Å². The molecule has 2 aromatic rings. The smallest absolute Gasteiger partial charge is 0.387 e. The number of ketones is 1. The summed E-state index contributed by atoms with van der Waals surface area (Å²) in [6, 6.07) is 10.5. The van der Waals surface area contributed by atoms with Crippen molar-refractivity contribution in [3.05, 3.63) is 59.4 Å². The second-order valence-electron chi connectivity index (χ2n) is 5.27. The maximum atomic E-state index is 12.5. The first-order valence-electron chi connectivity index (χ1n) is 7.47. The second-order valence-corrected chi connectivity index (χ2v) is 5.27. The van der Waals surface area contributed by atoms with E-state index in [9.17, 15) is 18.4 Å². The molecule has 8 heteroatoms. The summed E-state index contributed by atoms with van der Waals surface area (Å²) in [4.78, 5) is 23.2. The van der Waals surface area contributed by atoms with Gasteiger partial charge in [0, 0.05) is 11.6 Å². The van der Waals surface area contributed by atoms with Gasteiger partial charge in [-0.1, -0.05) is 18.2 Å². The molecule has 1 aliphatic rings. The van der Waals surface area contributed by atoms with Gasteiger partial charge in [0.1, 0.15) is 17.2 Å². The van der Waals surface area contributed by atoms with Crippen molar-refractivity contribution < 1.29 is 32.6 Å². The number of halogens is 2. The van der Waals surface area contributed by atoms with Crippen LogP contribution in [0.3, 0.4) is 0 Å². The standard InChI is InChI=1S/C18H13F2NO5/c19-18(20)26-13-4-2-1-3-10(13)7-15-17(23)12-6-5-11(8-14(12)25-15)24-9-16(21)22/h1-8,18H,9H2,(H2,21,22)/b15-7-. The Hall–Kier alpha value is -3.42. The lowest BCUT2D eigenvalue weighted by atomic mass is 10.1. The van der Waals surface area contributed by atoms with Crippen LogP contribution in [0, 0.1) is 0 Å². The third-order valence-corrected chi connectivity index (χ3v) is 3.44. The number of alkyl halides is 2. The lowest BCUT2D eigenvalue weighted by Gasteiger charge is -2.08. The highest BCUT2D eigenvalue weighted by molar-refractivity contribution is 6.14. The fraction of sp³-hybridized carbons (Fsp3) is 0.111. The average Bonchev–Trinajstić information content (AvgIpc) is 2.90. The maximum absolute atomic E-state index is 12.5. The molecule has 0 spiro atoms. The number of carbonyl (C=O) groups excluding carboxylic acids is 2. The summed E-state index contributed by atoms with van der Waals surface area (Å²) < 4.78 is 40.1. The molecular weight excluding hydrogens is 348 g/mol. The highest BCUT2D eigenvalue weighted by Crippen LogP contribution is 2.35. The molecule has 134 valence electrons. The van der Waals surface area contributed by atoms with Crippen LogP contribution in [0.2, 0.25) is 0 Å². The number of carbonyl (C=O) groups is 2. The van der Waals surface area contributed by atoms with Gasteiger partial charge in [-0.15, -0.1) is 0 Å². The van der Waals surface area contributed by atoms with Crippen LogP contribution in [0.15, 0.2) is 48.2 Å². The number of para-hydroxylation sites is 1. The topological polar surface area (TPSA) is 87.9 Å². The fourth-order valence-electron chi connectivity index (χ4n) is 2.36. The van der Waals surface area contributed by atoms with Crippen molar-refractivity contribution in [3.8, 4) is 17.2 Å². The van der Waals surface area contributed by atoms with Crippen LogP contribution in [0.25, 0.3) is 6.08 Å². The highest BCUT2D eigenvalue weighted by atomic mass is 19.3. The molecule has 0 atom stereocenters. The van der Waals surface area contributed by atoms with Crippen LogP contribution in [0.4, 0.5) is 8.78 Å². The van der Waals surface area contributed by atoms with Crippen molar-refractivity contribution in [1.29, 1.82) is 0 Å². The molecule has 2 N–H and O–H groups in total. The molecule has 3 rings (SSSR count). The monoisotopic (exact) mass is 361 g/mol. The largest absolute Gasteiger partial charge is 0.484 e. The van der Waals surface area contributed by atoms with Crippen LogP contribution in [-0.4, -0.2) is 24.9 Å². The van der Waals surface area contributed by atoms with Crippen molar-refractivity contribution in [2.75, 3.05) is 6.61 Å². The number of benzene rings is 2. The van der Waals surface area contributed by atoms with Crippen LogP contribution < -0.4 is 19.9 Å². The minimum absolute atomic E-state index is 0.0441. The predicted octanol–water partition coefficient (Wildman–Crippen LogP) is 2.77. The van der Waals surface area contributed by atoms with E-state index in [0.29, 0.717) is 5.75 Å². The summed E-state index contributed by atoms with van der Waals surface area (Å²) in [5.74, 6) is -0.634. The average molecular weight is 361 g/mol. The number of Topliss-reactive ketones (excluding diaryl/α,β-unsaturated/α-hetero) is 1. The Kier molecular flexibility index (Phi) is 4.83. The molecule has 1 aliphatic heterocycles. The zero-order valence-corrected chi connectivity index (χ0v) is 13.3. The Labute approximate surface area is 146 Å². The van der Waals surface area contributed by atoms with Crippen molar-refractivity contribution in [2.45, 2.75) is 6.61 Å². The Bertz CT molecular complexity index is 895. The van der Waals surface area contributed by atoms with Crippen LogP contribution in [-0.2, 0) is 4.79 Å². The van der Waals surface area contributed by atoms with E-state index in [0.717, 1.165) is 0 Å². The molecule has 0 saturated heterocycles. The van der Waals surface area contributed by atoms with Crippen molar-refractivity contribution in [2.24, 2.45) is 5.73 Å². The zero-order valence-electron chi connectivity index (χ0n) is 13.3. The molecule has 0 aromatic heterocycles. The Morgan fingerprint density at radius 3 is 2.73 bits per heavy atom. The molecule has 0 fully saturated rings. The molecule has 0 unspecified atom stereocenters. The van der Waals surface area contributed by atoms with Crippen LogP contribution >= 0.6 is 0 Å². The molecule has 0 radical (unpaired) electrons. The second kappa shape index (κ2) is 7.22. The molecule has 2 aromatic carbocycles.